The molecule has 0 saturated heterocycles. The zero-order chi connectivity index (χ0) is 28.3. The molecule has 0 atom stereocenters. The Morgan fingerprint density at radius 1 is 0.714 bits per heavy atom. The van der Waals surface area contributed by atoms with Crippen molar-refractivity contribution in [3.8, 4) is 22.8 Å². The van der Waals surface area contributed by atoms with E-state index in [1.165, 1.54) is 31.3 Å². The first kappa shape index (κ1) is 24.8. The highest BCUT2D eigenvalue weighted by Gasteiger charge is 2.40. The Morgan fingerprint density at radius 3 is 2.38 bits per heavy atom. The minimum atomic E-state index is -0.226. The molecule has 4 aromatic carbocycles. The van der Waals surface area contributed by atoms with Crippen molar-refractivity contribution in [1.29, 1.82) is 0 Å². The first-order valence-electron chi connectivity index (χ1n) is 14.1. The monoisotopic (exact) mass is 561 g/mol. The highest BCUT2D eigenvalue weighted by molar-refractivity contribution is 7.26. The van der Waals surface area contributed by atoms with Crippen LogP contribution in [0.3, 0.4) is 0 Å². The molecule has 42 heavy (non-hydrogen) atoms. The number of rotatable bonds is 4. The third kappa shape index (κ3) is 3.89. The molecule has 1 aliphatic heterocycles. The largest absolute Gasteiger partial charge is 0.457 e. The number of pyridine rings is 2. The normalized spacial score (nSPS) is 13.6. The van der Waals surface area contributed by atoms with Crippen LogP contribution in [0.1, 0.15) is 25.0 Å². The molecule has 0 spiro atoms. The zero-order valence-electron chi connectivity index (χ0n) is 23.3. The molecule has 5 heteroatoms. The van der Waals surface area contributed by atoms with Crippen LogP contribution in [-0.4, -0.2) is 9.97 Å². The van der Waals surface area contributed by atoms with Gasteiger partial charge in [-0.2, -0.15) is 0 Å². The van der Waals surface area contributed by atoms with Crippen molar-refractivity contribution in [2.75, 3.05) is 4.90 Å². The second-order valence-corrected chi connectivity index (χ2v) is 12.2. The SMILES string of the molecule is CC1(C)c2ccccc2N(c2cccc(Oc3cccc(-c4ccccn4)c3)c2)c2ncc3c(sc4ccccc43)c21. The third-order valence-electron chi connectivity index (χ3n) is 8.16. The summed E-state index contributed by atoms with van der Waals surface area (Å²) in [4.78, 5) is 11.9. The van der Waals surface area contributed by atoms with Crippen LogP contribution < -0.4 is 9.64 Å². The number of para-hydroxylation sites is 1. The second kappa shape index (κ2) is 9.54. The lowest BCUT2D eigenvalue weighted by atomic mass is 9.74. The van der Waals surface area contributed by atoms with Gasteiger partial charge in [-0.25, -0.2) is 4.98 Å². The van der Waals surface area contributed by atoms with Crippen molar-refractivity contribution < 1.29 is 4.74 Å². The summed E-state index contributed by atoms with van der Waals surface area (Å²) in [6.07, 6.45) is 3.86. The number of hydrogen-bond donors (Lipinski definition) is 0. The van der Waals surface area contributed by atoms with E-state index >= 15 is 0 Å². The van der Waals surface area contributed by atoms with E-state index < -0.39 is 0 Å². The lowest BCUT2D eigenvalue weighted by Crippen LogP contribution is -2.31. The van der Waals surface area contributed by atoms with Gasteiger partial charge in [0.25, 0.3) is 0 Å². The molecule has 7 aromatic rings. The predicted molar refractivity (Wildman–Crippen MR) is 174 cm³/mol. The van der Waals surface area contributed by atoms with Crippen LogP contribution in [-0.2, 0) is 5.41 Å². The number of thiophene rings is 1. The van der Waals surface area contributed by atoms with Gasteiger partial charge < -0.3 is 4.74 Å². The fraction of sp³-hybridized carbons (Fsp3) is 0.0811. The maximum Gasteiger partial charge on any atom is 0.143 e. The molecule has 0 unspecified atom stereocenters. The summed E-state index contributed by atoms with van der Waals surface area (Å²) in [6, 6.07) is 39.6. The van der Waals surface area contributed by atoms with Crippen molar-refractivity contribution in [3.63, 3.8) is 0 Å². The fourth-order valence-electron chi connectivity index (χ4n) is 6.19. The van der Waals surface area contributed by atoms with E-state index in [2.05, 4.69) is 90.5 Å². The smallest absolute Gasteiger partial charge is 0.143 e. The van der Waals surface area contributed by atoms with Crippen LogP contribution in [0.2, 0.25) is 0 Å². The molecule has 1 aliphatic rings. The van der Waals surface area contributed by atoms with Gasteiger partial charge in [-0.1, -0.05) is 74.5 Å². The molecule has 8 rings (SSSR count). The van der Waals surface area contributed by atoms with Crippen LogP contribution in [0.4, 0.5) is 17.2 Å². The Labute approximate surface area is 248 Å². The summed E-state index contributed by atoms with van der Waals surface area (Å²) in [6.45, 7) is 4.64. The van der Waals surface area contributed by atoms with Gasteiger partial charge in [0.05, 0.1) is 17.1 Å². The third-order valence-corrected chi connectivity index (χ3v) is 9.37. The van der Waals surface area contributed by atoms with E-state index in [0.29, 0.717) is 0 Å². The number of aromatic nitrogens is 2. The van der Waals surface area contributed by atoms with Crippen molar-refractivity contribution in [2.45, 2.75) is 19.3 Å². The van der Waals surface area contributed by atoms with Gasteiger partial charge in [-0.15, -0.1) is 11.3 Å². The van der Waals surface area contributed by atoms with Gasteiger partial charge in [-0.3, -0.25) is 9.88 Å². The van der Waals surface area contributed by atoms with E-state index in [9.17, 15) is 0 Å². The van der Waals surface area contributed by atoms with Gasteiger partial charge in [0.2, 0.25) is 0 Å². The van der Waals surface area contributed by atoms with Gasteiger partial charge in [0, 0.05) is 55.2 Å². The zero-order valence-corrected chi connectivity index (χ0v) is 24.1. The number of nitrogens with zero attached hydrogens (tertiary/aromatic N) is 3. The van der Waals surface area contributed by atoms with Gasteiger partial charge in [-0.05, 0) is 54.1 Å². The Balaban J connectivity index is 1.26. The van der Waals surface area contributed by atoms with E-state index in [1.54, 1.807) is 0 Å². The highest BCUT2D eigenvalue weighted by atomic mass is 32.1. The molecule has 4 nitrogen and oxygen atoms in total. The van der Waals surface area contributed by atoms with E-state index in [-0.39, 0.29) is 5.41 Å². The average molecular weight is 562 g/mol. The predicted octanol–water partition coefficient (Wildman–Crippen LogP) is 10.4. The number of anilines is 3. The van der Waals surface area contributed by atoms with Crippen molar-refractivity contribution in [3.05, 3.63) is 139 Å². The standard InChI is InChI=1S/C37H27N3OS/c1-37(2)30-16-4-5-18-32(30)40(36-34(37)35-29(23-39-36)28-15-3-6-19-33(28)42-35)25-12-10-14-27(22-25)41-26-13-9-11-24(21-26)31-17-7-8-20-38-31/h3-23H,1-2H3. The maximum absolute atomic E-state index is 6.43. The number of hydrogen-bond acceptors (Lipinski definition) is 5. The van der Waals surface area contributed by atoms with Crippen LogP contribution >= 0.6 is 11.3 Å². The first-order valence-corrected chi connectivity index (χ1v) is 14.9. The molecule has 4 heterocycles. The van der Waals surface area contributed by atoms with Gasteiger partial charge in [0.1, 0.15) is 17.3 Å². The quantitative estimate of drug-likeness (QED) is 0.214. The number of fused-ring (bicyclic) bond motifs is 6. The number of ether oxygens (including phenoxy) is 1. The lowest BCUT2D eigenvalue weighted by molar-refractivity contribution is 0.483. The Kier molecular flexibility index (Phi) is 5.62. The van der Waals surface area contributed by atoms with Gasteiger partial charge in [0.15, 0.2) is 0 Å². The van der Waals surface area contributed by atoms with E-state index in [0.717, 1.165) is 39.9 Å². The van der Waals surface area contributed by atoms with E-state index in [4.69, 9.17) is 9.72 Å². The molecule has 0 amide bonds. The summed E-state index contributed by atoms with van der Waals surface area (Å²) >= 11 is 1.86. The topological polar surface area (TPSA) is 38.2 Å². The summed E-state index contributed by atoms with van der Waals surface area (Å²) in [7, 11) is 0. The molecule has 3 aromatic heterocycles. The molecular formula is C37H27N3OS. The molecule has 0 N–H and O–H groups in total. The molecule has 0 bridgehead atoms. The molecule has 0 saturated carbocycles. The molecule has 0 fully saturated rings. The summed E-state index contributed by atoms with van der Waals surface area (Å²) in [5, 5.41) is 2.48. The molecule has 202 valence electrons. The Hall–Kier alpha value is -5.00. The summed E-state index contributed by atoms with van der Waals surface area (Å²) in [5.74, 6) is 2.49. The summed E-state index contributed by atoms with van der Waals surface area (Å²) in [5.41, 5.74) is 6.38. The molecule has 0 aliphatic carbocycles. The fourth-order valence-corrected chi connectivity index (χ4v) is 7.56. The van der Waals surface area contributed by atoms with Crippen LogP contribution in [0.15, 0.2) is 128 Å². The minimum absolute atomic E-state index is 0.226. The van der Waals surface area contributed by atoms with Gasteiger partial charge >= 0.3 is 0 Å². The lowest BCUT2D eigenvalue weighted by Gasteiger charge is -2.41. The van der Waals surface area contributed by atoms with Crippen molar-refractivity contribution in [2.24, 2.45) is 0 Å². The van der Waals surface area contributed by atoms with Crippen molar-refractivity contribution in [1.82, 2.24) is 9.97 Å². The Bertz CT molecular complexity index is 2120. The highest BCUT2D eigenvalue weighted by Crippen LogP contribution is 2.55. The minimum Gasteiger partial charge on any atom is -0.457 e. The maximum atomic E-state index is 6.43. The van der Waals surface area contributed by atoms with E-state index in [1.807, 2.05) is 72.3 Å². The molecular weight excluding hydrogens is 534 g/mol. The molecule has 0 radical (unpaired) electrons. The second-order valence-electron chi connectivity index (χ2n) is 11.1. The number of benzene rings is 4. The van der Waals surface area contributed by atoms with Crippen molar-refractivity contribution >= 4 is 48.7 Å². The van der Waals surface area contributed by atoms with Crippen LogP contribution in [0, 0.1) is 0 Å². The average Bonchev–Trinajstić information content (AvgIpc) is 3.40. The summed E-state index contributed by atoms with van der Waals surface area (Å²) < 4.78 is 9.01. The van der Waals surface area contributed by atoms with Crippen LogP contribution in [0.25, 0.3) is 31.4 Å². The van der Waals surface area contributed by atoms with Crippen LogP contribution in [0.5, 0.6) is 11.5 Å². The first-order chi connectivity index (χ1) is 20.6. The Morgan fingerprint density at radius 2 is 1.50 bits per heavy atom.